The number of rotatable bonds is 3. The fourth-order valence-corrected chi connectivity index (χ4v) is 2.18. The Kier molecular flexibility index (Phi) is 3.83. The lowest BCUT2D eigenvalue weighted by Crippen LogP contribution is -2.08. The first-order valence-corrected chi connectivity index (χ1v) is 7.19. The monoisotopic (exact) mass is 341 g/mol. The third-order valence-corrected chi connectivity index (χ3v) is 3.46. The average Bonchev–Trinajstić information content (AvgIpc) is 2.88. The van der Waals surface area contributed by atoms with Gasteiger partial charge in [-0.05, 0) is 35.9 Å². The number of halogens is 1. The lowest BCUT2D eigenvalue weighted by atomic mass is 10.2. The van der Waals surface area contributed by atoms with E-state index in [1.165, 1.54) is 6.08 Å². The number of benzene rings is 2. The molecule has 0 aliphatic rings. The van der Waals surface area contributed by atoms with Crippen LogP contribution in [0, 0.1) is 0 Å². The van der Waals surface area contributed by atoms with E-state index in [1.807, 2.05) is 48.5 Å². The van der Waals surface area contributed by atoms with Crippen molar-refractivity contribution in [1.29, 1.82) is 0 Å². The Morgan fingerprint density at radius 3 is 2.67 bits per heavy atom. The van der Waals surface area contributed by atoms with Gasteiger partial charge < -0.3 is 4.98 Å². The van der Waals surface area contributed by atoms with Crippen LogP contribution in [0.5, 0.6) is 0 Å². The number of nitrogens with one attached hydrogen (secondary N) is 2. The molecule has 2 aromatic carbocycles. The Morgan fingerprint density at radius 2 is 1.90 bits per heavy atom. The minimum absolute atomic E-state index is 0.225. The van der Waals surface area contributed by atoms with Gasteiger partial charge in [-0.2, -0.15) is 0 Å². The second kappa shape index (κ2) is 5.93. The van der Waals surface area contributed by atoms with Crippen LogP contribution in [0.1, 0.15) is 5.56 Å². The molecule has 0 fully saturated rings. The maximum absolute atomic E-state index is 11.9. The number of hydrogen-bond acceptors (Lipinski definition) is 2. The van der Waals surface area contributed by atoms with Gasteiger partial charge in [0, 0.05) is 10.5 Å². The third kappa shape index (κ3) is 3.38. The van der Waals surface area contributed by atoms with Crippen molar-refractivity contribution in [2.75, 3.05) is 5.32 Å². The molecule has 5 heteroatoms. The van der Waals surface area contributed by atoms with Gasteiger partial charge >= 0.3 is 0 Å². The van der Waals surface area contributed by atoms with Gasteiger partial charge in [0.15, 0.2) is 0 Å². The van der Waals surface area contributed by atoms with Crippen molar-refractivity contribution >= 4 is 44.9 Å². The molecule has 0 aliphatic carbocycles. The molecule has 2 N–H and O–H groups in total. The Labute approximate surface area is 130 Å². The number of carbonyl (C=O) groups excluding carboxylic acids is 1. The highest BCUT2D eigenvalue weighted by Gasteiger charge is 2.03. The SMILES string of the molecule is O=C(C=Cc1ccc(Br)cc1)Nc1nc2ccccc2[nH]1. The summed E-state index contributed by atoms with van der Waals surface area (Å²) in [7, 11) is 0. The molecular formula is C16H12BrN3O. The first kappa shape index (κ1) is 13.6. The second-order valence-corrected chi connectivity index (χ2v) is 5.39. The molecule has 0 unspecified atom stereocenters. The number of H-pyrrole nitrogens is 1. The van der Waals surface area contributed by atoms with E-state index in [1.54, 1.807) is 6.08 Å². The summed E-state index contributed by atoms with van der Waals surface area (Å²) in [6.07, 6.45) is 3.24. The second-order valence-electron chi connectivity index (χ2n) is 4.48. The minimum atomic E-state index is -0.225. The highest BCUT2D eigenvalue weighted by molar-refractivity contribution is 9.10. The summed E-state index contributed by atoms with van der Waals surface area (Å²) in [6.45, 7) is 0. The van der Waals surface area contributed by atoms with Crippen LogP contribution < -0.4 is 5.32 Å². The summed E-state index contributed by atoms with van der Waals surface area (Å²) in [5, 5.41) is 2.71. The topological polar surface area (TPSA) is 57.8 Å². The van der Waals surface area contributed by atoms with Gasteiger partial charge in [-0.3, -0.25) is 10.1 Å². The summed E-state index contributed by atoms with van der Waals surface area (Å²) in [6, 6.07) is 15.3. The van der Waals surface area contributed by atoms with E-state index >= 15 is 0 Å². The Bertz CT molecular complexity index is 773. The smallest absolute Gasteiger partial charge is 0.250 e. The predicted octanol–water partition coefficient (Wildman–Crippen LogP) is 3.98. The molecule has 0 saturated carbocycles. The molecule has 0 radical (unpaired) electrons. The maximum Gasteiger partial charge on any atom is 0.250 e. The van der Waals surface area contributed by atoms with Crippen molar-refractivity contribution in [1.82, 2.24) is 9.97 Å². The van der Waals surface area contributed by atoms with Crippen LogP contribution in [0.15, 0.2) is 59.1 Å². The zero-order valence-corrected chi connectivity index (χ0v) is 12.6. The van der Waals surface area contributed by atoms with E-state index in [4.69, 9.17) is 0 Å². The number of aromatic amines is 1. The molecule has 0 spiro atoms. The van der Waals surface area contributed by atoms with Gasteiger partial charge in [0.05, 0.1) is 11.0 Å². The Balaban J connectivity index is 1.69. The van der Waals surface area contributed by atoms with E-state index in [-0.39, 0.29) is 5.91 Å². The number of para-hydroxylation sites is 2. The molecule has 0 aliphatic heterocycles. The molecule has 1 aromatic heterocycles. The molecule has 3 aromatic rings. The molecule has 4 nitrogen and oxygen atoms in total. The van der Waals surface area contributed by atoms with Crippen molar-refractivity contribution < 1.29 is 4.79 Å². The number of amides is 1. The highest BCUT2D eigenvalue weighted by Crippen LogP contribution is 2.14. The van der Waals surface area contributed by atoms with Crippen molar-refractivity contribution in [3.63, 3.8) is 0 Å². The average molecular weight is 342 g/mol. The molecule has 0 saturated heterocycles. The van der Waals surface area contributed by atoms with Crippen LogP contribution in [-0.4, -0.2) is 15.9 Å². The van der Waals surface area contributed by atoms with Crippen molar-refractivity contribution in [2.24, 2.45) is 0 Å². The van der Waals surface area contributed by atoms with Crippen LogP contribution in [0.3, 0.4) is 0 Å². The Hall–Kier alpha value is -2.40. The quantitative estimate of drug-likeness (QED) is 0.708. The van der Waals surface area contributed by atoms with Crippen LogP contribution in [0.25, 0.3) is 17.1 Å². The molecule has 21 heavy (non-hydrogen) atoms. The lowest BCUT2D eigenvalue weighted by Gasteiger charge is -1.96. The first-order valence-electron chi connectivity index (χ1n) is 6.40. The number of carbonyl (C=O) groups is 1. The molecule has 0 bridgehead atoms. The first-order chi connectivity index (χ1) is 10.2. The summed E-state index contributed by atoms with van der Waals surface area (Å²) >= 11 is 3.37. The normalized spacial score (nSPS) is 11.1. The van der Waals surface area contributed by atoms with E-state index in [0.717, 1.165) is 21.1 Å². The standard InChI is InChI=1S/C16H12BrN3O/c17-12-8-5-11(6-9-12)7-10-15(21)20-16-18-13-3-1-2-4-14(13)19-16/h1-10H,(H2,18,19,20,21). The van der Waals surface area contributed by atoms with Gasteiger partial charge in [-0.1, -0.05) is 40.2 Å². The van der Waals surface area contributed by atoms with E-state index < -0.39 is 0 Å². The zero-order chi connectivity index (χ0) is 14.7. The van der Waals surface area contributed by atoms with Gasteiger partial charge in [0.1, 0.15) is 0 Å². The summed E-state index contributed by atoms with van der Waals surface area (Å²) in [4.78, 5) is 19.2. The minimum Gasteiger partial charge on any atom is -0.324 e. The van der Waals surface area contributed by atoms with Crippen molar-refractivity contribution in [3.05, 3.63) is 64.6 Å². The molecule has 104 valence electrons. The summed E-state index contributed by atoms with van der Waals surface area (Å²) < 4.78 is 1.01. The fraction of sp³-hybridized carbons (Fsp3) is 0. The van der Waals surface area contributed by atoms with Crippen LogP contribution in [-0.2, 0) is 4.79 Å². The van der Waals surface area contributed by atoms with E-state index in [9.17, 15) is 4.79 Å². The van der Waals surface area contributed by atoms with Gasteiger partial charge in [0.2, 0.25) is 5.95 Å². The molecule has 3 rings (SSSR count). The number of nitrogens with zero attached hydrogens (tertiary/aromatic N) is 1. The largest absolute Gasteiger partial charge is 0.324 e. The third-order valence-electron chi connectivity index (χ3n) is 2.93. The number of imidazole rings is 1. The number of hydrogen-bond donors (Lipinski definition) is 2. The van der Waals surface area contributed by atoms with Gasteiger partial charge in [-0.15, -0.1) is 0 Å². The van der Waals surface area contributed by atoms with Crippen LogP contribution in [0.4, 0.5) is 5.95 Å². The Morgan fingerprint density at radius 1 is 1.14 bits per heavy atom. The maximum atomic E-state index is 11.9. The number of anilines is 1. The molecule has 1 heterocycles. The van der Waals surface area contributed by atoms with Crippen LogP contribution >= 0.6 is 15.9 Å². The van der Waals surface area contributed by atoms with Crippen molar-refractivity contribution in [2.45, 2.75) is 0 Å². The van der Waals surface area contributed by atoms with E-state index in [0.29, 0.717) is 5.95 Å². The predicted molar refractivity (Wildman–Crippen MR) is 87.9 cm³/mol. The summed E-state index contributed by atoms with van der Waals surface area (Å²) in [5.41, 5.74) is 2.67. The fourth-order valence-electron chi connectivity index (χ4n) is 1.92. The molecule has 1 amide bonds. The van der Waals surface area contributed by atoms with Crippen molar-refractivity contribution in [3.8, 4) is 0 Å². The lowest BCUT2D eigenvalue weighted by molar-refractivity contribution is -0.111. The van der Waals surface area contributed by atoms with Gasteiger partial charge in [-0.25, -0.2) is 4.98 Å². The molecular weight excluding hydrogens is 330 g/mol. The van der Waals surface area contributed by atoms with Gasteiger partial charge in [0.25, 0.3) is 5.91 Å². The number of fused-ring (bicyclic) bond motifs is 1. The number of aromatic nitrogens is 2. The van der Waals surface area contributed by atoms with Crippen LogP contribution in [0.2, 0.25) is 0 Å². The summed E-state index contributed by atoms with van der Waals surface area (Å²) in [5.74, 6) is 0.221. The zero-order valence-electron chi connectivity index (χ0n) is 11.0. The van der Waals surface area contributed by atoms with E-state index in [2.05, 4.69) is 31.2 Å². The highest BCUT2D eigenvalue weighted by atomic mass is 79.9. The molecule has 0 atom stereocenters.